The van der Waals surface area contributed by atoms with Crippen LogP contribution in [0.4, 0.5) is 5.82 Å². The van der Waals surface area contributed by atoms with Gasteiger partial charge in [-0.05, 0) is 37.0 Å². The minimum absolute atomic E-state index is 0.289. The summed E-state index contributed by atoms with van der Waals surface area (Å²) in [5, 5.41) is 3.63. The van der Waals surface area contributed by atoms with Gasteiger partial charge in [0.25, 0.3) is 0 Å². The monoisotopic (exact) mass is 380 g/mol. The Morgan fingerprint density at radius 2 is 1.89 bits per heavy atom. The number of pyridine rings is 1. The maximum atomic E-state index is 4.46. The van der Waals surface area contributed by atoms with Gasteiger partial charge in [0.2, 0.25) is 0 Å². The van der Waals surface area contributed by atoms with Crippen LogP contribution in [-0.4, -0.2) is 59.6 Å². The van der Waals surface area contributed by atoms with Gasteiger partial charge < -0.3 is 10.2 Å². The molecule has 0 atom stereocenters. The first-order valence-corrected chi connectivity index (χ1v) is 10.8. The summed E-state index contributed by atoms with van der Waals surface area (Å²) in [4.78, 5) is 9.82. The lowest BCUT2D eigenvalue weighted by molar-refractivity contribution is 0.0159. The van der Waals surface area contributed by atoms with E-state index >= 15 is 0 Å². The highest BCUT2D eigenvalue weighted by Crippen LogP contribution is 2.34. The maximum Gasteiger partial charge on any atom is 0.125 e. The number of nitrogens with zero attached hydrogens (tertiary/aromatic N) is 3. The lowest BCUT2D eigenvalue weighted by Crippen LogP contribution is -2.60. The van der Waals surface area contributed by atoms with Crippen molar-refractivity contribution in [1.29, 1.82) is 0 Å². The van der Waals surface area contributed by atoms with Gasteiger partial charge in [0.15, 0.2) is 0 Å². The Hall–Kier alpha value is -1.91. The second kappa shape index (κ2) is 10.6. The Morgan fingerprint density at radius 1 is 1.11 bits per heavy atom. The smallest absolute Gasteiger partial charge is 0.125 e. The fraction of sp³-hybridized carbons (Fsp3) is 0.542. The zero-order chi connectivity index (χ0) is 19.7. The Morgan fingerprint density at radius 3 is 2.54 bits per heavy atom. The van der Waals surface area contributed by atoms with Crippen molar-refractivity contribution < 1.29 is 0 Å². The van der Waals surface area contributed by atoms with Gasteiger partial charge in [-0.2, -0.15) is 0 Å². The van der Waals surface area contributed by atoms with E-state index in [1.807, 2.05) is 24.4 Å². The van der Waals surface area contributed by atoms with Crippen molar-refractivity contribution >= 4 is 5.82 Å². The van der Waals surface area contributed by atoms with Crippen molar-refractivity contribution in [3.8, 4) is 0 Å². The lowest BCUT2D eigenvalue weighted by Gasteiger charge is -2.50. The van der Waals surface area contributed by atoms with Crippen LogP contribution < -0.4 is 5.32 Å². The largest absolute Gasteiger partial charge is 0.368 e. The van der Waals surface area contributed by atoms with Gasteiger partial charge in [-0.1, -0.05) is 56.7 Å². The third-order valence-corrected chi connectivity index (χ3v) is 6.40. The second-order valence-corrected chi connectivity index (χ2v) is 8.11. The Labute approximate surface area is 171 Å². The molecule has 28 heavy (non-hydrogen) atoms. The van der Waals surface area contributed by atoms with E-state index in [1.54, 1.807) is 0 Å². The fourth-order valence-corrected chi connectivity index (χ4v) is 4.67. The van der Waals surface area contributed by atoms with Crippen molar-refractivity contribution in [2.75, 3.05) is 44.6 Å². The highest BCUT2D eigenvalue weighted by atomic mass is 15.3. The van der Waals surface area contributed by atoms with Gasteiger partial charge in [-0.3, -0.25) is 4.90 Å². The van der Waals surface area contributed by atoms with Crippen LogP contribution >= 0.6 is 0 Å². The summed E-state index contributed by atoms with van der Waals surface area (Å²) in [6.45, 7) is 14.5. The molecule has 1 aromatic rings. The zero-order valence-corrected chi connectivity index (χ0v) is 17.3. The average Bonchev–Trinajstić information content (AvgIpc) is 2.77. The first-order valence-electron chi connectivity index (χ1n) is 10.8. The van der Waals surface area contributed by atoms with E-state index in [4.69, 9.17) is 0 Å². The topological polar surface area (TPSA) is 31.4 Å². The van der Waals surface area contributed by atoms with E-state index in [-0.39, 0.29) is 5.54 Å². The van der Waals surface area contributed by atoms with Gasteiger partial charge in [0.1, 0.15) is 5.82 Å². The van der Waals surface area contributed by atoms with E-state index in [0.29, 0.717) is 0 Å². The predicted molar refractivity (Wildman–Crippen MR) is 120 cm³/mol. The minimum Gasteiger partial charge on any atom is -0.368 e. The van der Waals surface area contributed by atoms with Gasteiger partial charge in [0.05, 0.1) is 0 Å². The molecule has 1 N–H and O–H groups in total. The SMILES string of the molecule is C=C/C=C(\C=C)CCN1CCN(C2(CNc3ccccn3)CCCCC2)CC1. The summed E-state index contributed by atoms with van der Waals surface area (Å²) in [5.74, 6) is 0.997. The molecule has 2 aliphatic rings. The number of piperazine rings is 1. The molecule has 3 rings (SSSR count). The molecule has 0 unspecified atom stereocenters. The third kappa shape index (κ3) is 5.55. The van der Waals surface area contributed by atoms with Crippen LogP contribution in [0.1, 0.15) is 38.5 Å². The molecule has 152 valence electrons. The molecule has 1 saturated heterocycles. The summed E-state index contributed by atoms with van der Waals surface area (Å²) < 4.78 is 0. The number of allylic oxidation sites excluding steroid dienone is 3. The molecule has 0 aromatic carbocycles. The van der Waals surface area contributed by atoms with Crippen molar-refractivity contribution in [3.05, 3.63) is 61.4 Å². The van der Waals surface area contributed by atoms with Crippen LogP contribution in [0.25, 0.3) is 0 Å². The van der Waals surface area contributed by atoms with Crippen LogP contribution in [0.2, 0.25) is 0 Å². The quantitative estimate of drug-likeness (QED) is 0.639. The molecule has 1 aliphatic heterocycles. The predicted octanol–water partition coefficient (Wildman–Crippen LogP) is 4.50. The van der Waals surface area contributed by atoms with Crippen LogP contribution in [0.5, 0.6) is 0 Å². The maximum absolute atomic E-state index is 4.46. The minimum atomic E-state index is 0.289. The molecule has 0 amide bonds. The van der Waals surface area contributed by atoms with Crippen LogP contribution in [0, 0.1) is 0 Å². The average molecular weight is 381 g/mol. The van der Waals surface area contributed by atoms with Crippen molar-refractivity contribution in [2.45, 2.75) is 44.1 Å². The van der Waals surface area contributed by atoms with Crippen LogP contribution in [0.15, 0.2) is 61.4 Å². The fourth-order valence-electron chi connectivity index (χ4n) is 4.67. The first-order chi connectivity index (χ1) is 13.8. The summed E-state index contributed by atoms with van der Waals surface area (Å²) in [6, 6.07) is 6.10. The highest BCUT2D eigenvalue weighted by Gasteiger charge is 2.39. The highest BCUT2D eigenvalue weighted by molar-refractivity contribution is 5.34. The molecule has 1 aromatic heterocycles. The number of rotatable bonds is 9. The first kappa shape index (κ1) is 20.8. The second-order valence-electron chi connectivity index (χ2n) is 8.11. The normalized spacial score (nSPS) is 21.2. The molecule has 0 spiro atoms. The van der Waals surface area contributed by atoms with Crippen molar-refractivity contribution in [1.82, 2.24) is 14.8 Å². The van der Waals surface area contributed by atoms with Crippen LogP contribution in [-0.2, 0) is 0 Å². The standard InChI is InChI=1S/C24H36N4/c1-3-10-22(4-2)12-16-27-17-19-28(20-18-27)24(13-7-5-8-14-24)21-26-23-11-6-9-15-25-23/h3-4,6,9-11,15H,1-2,5,7-8,12-14,16-21H2,(H,25,26)/b22-10+. The van der Waals surface area contributed by atoms with Gasteiger partial charge >= 0.3 is 0 Å². The van der Waals surface area contributed by atoms with E-state index in [9.17, 15) is 0 Å². The molecule has 0 bridgehead atoms. The Bertz CT molecular complexity index is 638. The number of nitrogens with one attached hydrogen (secondary N) is 1. The number of hydrogen-bond donors (Lipinski definition) is 1. The molecular weight excluding hydrogens is 344 g/mol. The molecule has 2 fully saturated rings. The number of aromatic nitrogens is 1. The summed E-state index contributed by atoms with van der Waals surface area (Å²) in [6.07, 6.45) is 15.5. The van der Waals surface area contributed by atoms with Gasteiger partial charge in [-0.25, -0.2) is 4.98 Å². The summed E-state index contributed by atoms with van der Waals surface area (Å²) >= 11 is 0. The lowest BCUT2D eigenvalue weighted by atomic mass is 9.79. The number of anilines is 1. The third-order valence-electron chi connectivity index (χ3n) is 6.40. The van der Waals surface area contributed by atoms with E-state index in [0.717, 1.165) is 38.4 Å². The molecule has 4 nitrogen and oxygen atoms in total. The summed E-state index contributed by atoms with van der Waals surface area (Å²) in [5.41, 5.74) is 1.57. The van der Waals surface area contributed by atoms with E-state index in [2.05, 4.69) is 51.5 Å². The molecule has 4 heteroatoms. The van der Waals surface area contributed by atoms with E-state index < -0.39 is 0 Å². The summed E-state index contributed by atoms with van der Waals surface area (Å²) in [7, 11) is 0. The Kier molecular flexibility index (Phi) is 7.87. The molecular formula is C24H36N4. The molecule has 1 aliphatic carbocycles. The molecule has 0 radical (unpaired) electrons. The number of hydrogen-bond acceptors (Lipinski definition) is 4. The van der Waals surface area contributed by atoms with E-state index in [1.165, 1.54) is 50.8 Å². The Balaban J connectivity index is 1.55. The molecule has 1 saturated carbocycles. The molecule has 2 heterocycles. The van der Waals surface area contributed by atoms with Crippen LogP contribution in [0.3, 0.4) is 0 Å². The zero-order valence-electron chi connectivity index (χ0n) is 17.3. The van der Waals surface area contributed by atoms with Crippen molar-refractivity contribution in [3.63, 3.8) is 0 Å². The van der Waals surface area contributed by atoms with Gasteiger partial charge in [0, 0.05) is 51.0 Å². The van der Waals surface area contributed by atoms with Crippen molar-refractivity contribution in [2.24, 2.45) is 0 Å². The van der Waals surface area contributed by atoms with Gasteiger partial charge in [-0.15, -0.1) is 0 Å².